The van der Waals surface area contributed by atoms with Crippen LogP contribution >= 0.6 is 0 Å². The number of fused-ring (bicyclic) bond motifs is 1. The van der Waals surface area contributed by atoms with Crippen LogP contribution in [0.2, 0.25) is 0 Å². The van der Waals surface area contributed by atoms with Crippen molar-refractivity contribution < 1.29 is 14.6 Å². The van der Waals surface area contributed by atoms with Gasteiger partial charge in [0, 0.05) is 19.8 Å². The van der Waals surface area contributed by atoms with Crippen LogP contribution in [-0.2, 0) is 11.3 Å². The molecule has 20 heavy (non-hydrogen) atoms. The van der Waals surface area contributed by atoms with Crippen molar-refractivity contribution in [2.75, 3.05) is 13.2 Å². The SMILES string of the molecule is O=C(O)c1cccc2c1nnn2CCCOCC1CC1. The fourth-order valence-corrected chi connectivity index (χ4v) is 2.18. The van der Waals surface area contributed by atoms with Crippen molar-refractivity contribution in [1.29, 1.82) is 0 Å². The topological polar surface area (TPSA) is 77.2 Å². The lowest BCUT2D eigenvalue weighted by molar-refractivity contribution is 0.0699. The highest BCUT2D eigenvalue weighted by molar-refractivity contribution is 6.00. The lowest BCUT2D eigenvalue weighted by Crippen LogP contribution is -2.05. The molecule has 6 nitrogen and oxygen atoms in total. The molecule has 2 aromatic rings. The van der Waals surface area contributed by atoms with E-state index in [4.69, 9.17) is 9.84 Å². The van der Waals surface area contributed by atoms with Crippen molar-refractivity contribution >= 4 is 17.0 Å². The molecule has 0 radical (unpaired) electrons. The summed E-state index contributed by atoms with van der Waals surface area (Å²) in [5, 5.41) is 17.1. The van der Waals surface area contributed by atoms with Crippen LogP contribution in [0, 0.1) is 5.92 Å². The first-order chi connectivity index (χ1) is 9.75. The molecule has 1 heterocycles. The molecular weight excluding hydrogens is 258 g/mol. The number of carboxylic acid groups (broad SMARTS) is 1. The Bertz CT molecular complexity index is 619. The third-order valence-electron chi connectivity index (χ3n) is 3.48. The number of carbonyl (C=O) groups is 1. The number of aromatic carboxylic acids is 1. The highest BCUT2D eigenvalue weighted by atomic mass is 16.5. The van der Waals surface area contributed by atoms with Crippen molar-refractivity contribution in [3.63, 3.8) is 0 Å². The molecule has 0 amide bonds. The van der Waals surface area contributed by atoms with Crippen LogP contribution in [0.5, 0.6) is 0 Å². The molecule has 1 saturated carbocycles. The lowest BCUT2D eigenvalue weighted by Gasteiger charge is -2.04. The first-order valence-electron chi connectivity index (χ1n) is 6.89. The number of hydrogen-bond acceptors (Lipinski definition) is 4. The van der Waals surface area contributed by atoms with E-state index >= 15 is 0 Å². The molecule has 6 heteroatoms. The maximum Gasteiger partial charge on any atom is 0.338 e. The smallest absolute Gasteiger partial charge is 0.338 e. The van der Waals surface area contributed by atoms with Gasteiger partial charge in [-0.2, -0.15) is 0 Å². The quantitative estimate of drug-likeness (QED) is 0.781. The Morgan fingerprint density at radius 1 is 1.45 bits per heavy atom. The number of aromatic nitrogens is 3. The Balaban J connectivity index is 1.62. The van der Waals surface area contributed by atoms with E-state index in [0.29, 0.717) is 18.7 Å². The number of carboxylic acids is 1. The van der Waals surface area contributed by atoms with E-state index in [0.717, 1.165) is 24.5 Å². The summed E-state index contributed by atoms with van der Waals surface area (Å²) < 4.78 is 7.31. The van der Waals surface area contributed by atoms with Gasteiger partial charge in [-0.3, -0.25) is 0 Å². The van der Waals surface area contributed by atoms with Crippen molar-refractivity contribution in [1.82, 2.24) is 15.0 Å². The largest absolute Gasteiger partial charge is 0.478 e. The van der Waals surface area contributed by atoms with E-state index in [2.05, 4.69) is 10.3 Å². The molecule has 1 fully saturated rings. The molecule has 0 spiro atoms. The second-order valence-electron chi connectivity index (χ2n) is 5.16. The van der Waals surface area contributed by atoms with E-state index in [1.54, 1.807) is 16.8 Å². The first kappa shape index (κ1) is 13.1. The standard InChI is InChI=1S/C14H17N3O3/c18-14(19)11-3-1-4-12-13(11)15-16-17(12)7-2-8-20-9-10-5-6-10/h1,3-4,10H,2,5-9H2,(H,18,19). The van der Waals surface area contributed by atoms with Crippen molar-refractivity contribution in [2.24, 2.45) is 5.92 Å². The third-order valence-corrected chi connectivity index (χ3v) is 3.48. The van der Waals surface area contributed by atoms with Gasteiger partial charge < -0.3 is 9.84 Å². The van der Waals surface area contributed by atoms with Crippen LogP contribution < -0.4 is 0 Å². The van der Waals surface area contributed by atoms with Gasteiger partial charge in [-0.25, -0.2) is 9.48 Å². The first-order valence-corrected chi connectivity index (χ1v) is 6.89. The summed E-state index contributed by atoms with van der Waals surface area (Å²) in [6.07, 6.45) is 3.44. The predicted octanol–water partition coefficient (Wildman–Crippen LogP) is 1.95. The fraction of sp³-hybridized carbons (Fsp3) is 0.500. The Kier molecular flexibility index (Phi) is 3.64. The molecule has 0 atom stereocenters. The number of rotatable bonds is 7. The van der Waals surface area contributed by atoms with Crippen LogP contribution in [0.1, 0.15) is 29.6 Å². The summed E-state index contributed by atoms with van der Waals surface area (Å²) in [6, 6.07) is 5.10. The van der Waals surface area contributed by atoms with Crippen molar-refractivity contribution in [3.05, 3.63) is 23.8 Å². The van der Waals surface area contributed by atoms with Crippen molar-refractivity contribution in [2.45, 2.75) is 25.8 Å². The second-order valence-corrected chi connectivity index (χ2v) is 5.16. The van der Waals surface area contributed by atoms with E-state index in [1.807, 2.05) is 6.07 Å². The van der Waals surface area contributed by atoms with Gasteiger partial charge in [0.2, 0.25) is 0 Å². The zero-order chi connectivity index (χ0) is 13.9. The minimum atomic E-state index is -0.976. The zero-order valence-corrected chi connectivity index (χ0v) is 11.2. The predicted molar refractivity (Wildman–Crippen MR) is 72.6 cm³/mol. The molecule has 1 aliphatic carbocycles. The van der Waals surface area contributed by atoms with E-state index in [1.165, 1.54) is 12.8 Å². The van der Waals surface area contributed by atoms with Crippen LogP contribution in [0.15, 0.2) is 18.2 Å². The number of aryl methyl sites for hydroxylation is 1. The monoisotopic (exact) mass is 275 g/mol. The summed E-state index contributed by atoms with van der Waals surface area (Å²) in [6.45, 7) is 2.25. The molecule has 0 unspecified atom stereocenters. The van der Waals surface area contributed by atoms with E-state index in [9.17, 15) is 4.79 Å². The highest BCUT2D eigenvalue weighted by Gasteiger charge is 2.20. The maximum absolute atomic E-state index is 11.1. The summed E-state index contributed by atoms with van der Waals surface area (Å²) in [4.78, 5) is 11.1. The second kappa shape index (κ2) is 5.58. The Labute approximate surface area is 116 Å². The molecule has 106 valence electrons. The summed E-state index contributed by atoms with van der Waals surface area (Å²) in [5.74, 6) is -0.198. The van der Waals surface area contributed by atoms with Gasteiger partial charge in [-0.1, -0.05) is 11.3 Å². The molecule has 1 aromatic carbocycles. The van der Waals surface area contributed by atoms with Crippen LogP contribution in [-0.4, -0.2) is 39.3 Å². The number of ether oxygens (including phenoxy) is 1. The average molecular weight is 275 g/mol. The maximum atomic E-state index is 11.1. The van der Waals surface area contributed by atoms with Crippen LogP contribution in [0.4, 0.5) is 0 Å². The molecule has 0 aliphatic heterocycles. The molecular formula is C14H17N3O3. The van der Waals surface area contributed by atoms with Crippen LogP contribution in [0.3, 0.4) is 0 Å². The van der Waals surface area contributed by atoms with Gasteiger partial charge in [0.1, 0.15) is 5.52 Å². The molecule has 0 saturated heterocycles. The minimum Gasteiger partial charge on any atom is -0.478 e. The van der Waals surface area contributed by atoms with Gasteiger partial charge in [-0.15, -0.1) is 5.10 Å². The number of nitrogens with zero attached hydrogens (tertiary/aromatic N) is 3. The van der Waals surface area contributed by atoms with Gasteiger partial charge in [0.25, 0.3) is 0 Å². The summed E-state index contributed by atoms with van der Waals surface area (Å²) in [7, 11) is 0. The van der Waals surface area contributed by atoms with Crippen molar-refractivity contribution in [3.8, 4) is 0 Å². The van der Waals surface area contributed by atoms with Gasteiger partial charge >= 0.3 is 5.97 Å². The highest BCUT2D eigenvalue weighted by Crippen LogP contribution is 2.28. The lowest BCUT2D eigenvalue weighted by atomic mass is 10.2. The number of hydrogen-bond donors (Lipinski definition) is 1. The minimum absolute atomic E-state index is 0.193. The normalized spacial score (nSPS) is 14.8. The summed E-state index contributed by atoms with van der Waals surface area (Å²) >= 11 is 0. The summed E-state index contributed by atoms with van der Waals surface area (Å²) in [5.41, 5.74) is 1.39. The third kappa shape index (κ3) is 2.80. The molecule has 0 bridgehead atoms. The fourth-order valence-electron chi connectivity index (χ4n) is 2.18. The van der Waals surface area contributed by atoms with E-state index in [-0.39, 0.29) is 5.56 Å². The van der Waals surface area contributed by atoms with Crippen LogP contribution in [0.25, 0.3) is 11.0 Å². The molecule has 1 N–H and O–H groups in total. The molecule has 1 aromatic heterocycles. The van der Waals surface area contributed by atoms with Gasteiger partial charge in [0.15, 0.2) is 0 Å². The average Bonchev–Trinajstić information content (AvgIpc) is 3.17. The van der Waals surface area contributed by atoms with Gasteiger partial charge in [-0.05, 0) is 37.3 Å². The number of benzene rings is 1. The molecule has 1 aliphatic rings. The zero-order valence-electron chi connectivity index (χ0n) is 11.2. The van der Waals surface area contributed by atoms with E-state index < -0.39 is 5.97 Å². The Hall–Kier alpha value is -1.95. The Morgan fingerprint density at radius 2 is 2.30 bits per heavy atom. The molecule has 3 rings (SSSR count). The van der Waals surface area contributed by atoms with Gasteiger partial charge in [0.05, 0.1) is 11.1 Å². The Morgan fingerprint density at radius 3 is 3.05 bits per heavy atom.